The quantitative estimate of drug-likeness (QED) is 0.757. The van der Waals surface area contributed by atoms with Gasteiger partial charge in [0.05, 0.1) is 4.90 Å². The number of thiophene rings is 1. The van der Waals surface area contributed by atoms with E-state index in [0.717, 1.165) is 4.88 Å². The van der Waals surface area contributed by atoms with Crippen molar-refractivity contribution in [3.63, 3.8) is 0 Å². The van der Waals surface area contributed by atoms with E-state index in [1.54, 1.807) is 29.5 Å². The molecule has 110 valence electrons. The molecule has 2 aromatic heterocycles. The molecule has 0 amide bonds. The third kappa shape index (κ3) is 3.85. The Balaban J connectivity index is 1.92. The van der Waals surface area contributed by atoms with E-state index < -0.39 is 10.0 Å². The van der Waals surface area contributed by atoms with Crippen LogP contribution in [0.3, 0.4) is 0 Å². The number of hydrogen-bond acceptors (Lipinski definition) is 6. The van der Waals surface area contributed by atoms with Crippen LogP contribution in [0.15, 0.2) is 22.7 Å². The molecule has 0 unspecified atom stereocenters. The number of sulfonamides is 1. The van der Waals surface area contributed by atoms with Gasteiger partial charge in [0.1, 0.15) is 6.33 Å². The van der Waals surface area contributed by atoms with E-state index in [0.29, 0.717) is 23.7 Å². The number of hydrogen-bond donors (Lipinski definition) is 2. The molecular weight excluding hydrogens is 298 g/mol. The van der Waals surface area contributed by atoms with E-state index in [1.165, 1.54) is 11.3 Å². The molecule has 0 spiro atoms. The fraction of sp³-hybridized carbons (Fsp3) is 0.455. The Bertz CT molecular complexity index is 662. The van der Waals surface area contributed by atoms with Crippen LogP contribution in [0.25, 0.3) is 0 Å². The zero-order chi connectivity index (χ0) is 14.6. The van der Waals surface area contributed by atoms with Gasteiger partial charge in [-0.3, -0.25) is 4.68 Å². The first-order chi connectivity index (χ1) is 9.51. The number of aromatic nitrogens is 3. The Morgan fingerprint density at radius 2 is 2.25 bits per heavy atom. The number of rotatable bonds is 7. The fourth-order valence-corrected chi connectivity index (χ4v) is 3.97. The summed E-state index contributed by atoms with van der Waals surface area (Å²) in [5, 5.41) is 8.73. The molecule has 0 atom stereocenters. The topological polar surface area (TPSA) is 88.9 Å². The monoisotopic (exact) mass is 315 g/mol. The first kappa shape index (κ1) is 15.1. The summed E-state index contributed by atoms with van der Waals surface area (Å²) in [5.74, 6) is 0.622. The lowest BCUT2D eigenvalue weighted by Crippen LogP contribution is -2.26. The zero-order valence-electron chi connectivity index (χ0n) is 11.3. The van der Waals surface area contributed by atoms with Gasteiger partial charge in [0.15, 0.2) is 5.82 Å². The summed E-state index contributed by atoms with van der Waals surface area (Å²) in [6.45, 7) is 0.946. The minimum Gasteiger partial charge on any atom is -0.315 e. The summed E-state index contributed by atoms with van der Waals surface area (Å²) >= 11 is 1.42. The first-order valence-corrected chi connectivity index (χ1v) is 8.44. The van der Waals surface area contributed by atoms with E-state index in [2.05, 4.69) is 20.1 Å². The van der Waals surface area contributed by atoms with E-state index in [4.69, 9.17) is 0 Å². The molecule has 0 saturated heterocycles. The standard InChI is InChI=1S/C11H17N5O2S2/c1-12-6-9-5-10(7-19-9)20(17,18)14-4-3-11-13-8-16(2)15-11/h5,7-8,12,14H,3-4,6H2,1-2H3. The molecule has 2 N–H and O–H groups in total. The van der Waals surface area contributed by atoms with E-state index in [-0.39, 0.29) is 6.54 Å². The minimum atomic E-state index is -3.45. The lowest BCUT2D eigenvalue weighted by Gasteiger charge is -2.03. The first-order valence-electron chi connectivity index (χ1n) is 6.07. The van der Waals surface area contributed by atoms with E-state index in [1.807, 2.05) is 7.05 Å². The number of nitrogens with zero attached hydrogens (tertiary/aromatic N) is 3. The number of nitrogens with one attached hydrogen (secondary N) is 2. The van der Waals surface area contributed by atoms with Crippen molar-refractivity contribution in [2.24, 2.45) is 7.05 Å². The van der Waals surface area contributed by atoms with Crippen molar-refractivity contribution in [1.82, 2.24) is 24.8 Å². The summed E-state index contributed by atoms with van der Waals surface area (Å²) in [7, 11) is 0.148. The van der Waals surface area contributed by atoms with Crippen molar-refractivity contribution >= 4 is 21.4 Å². The average molecular weight is 315 g/mol. The normalized spacial score (nSPS) is 11.9. The molecule has 20 heavy (non-hydrogen) atoms. The van der Waals surface area contributed by atoms with Crippen LogP contribution in [-0.2, 0) is 30.0 Å². The maximum atomic E-state index is 12.1. The highest BCUT2D eigenvalue weighted by molar-refractivity contribution is 7.89. The van der Waals surface area contributed by atoms with Crippen molar-refractivity contribution in [3.05, 3.63) is 28.5 Å². The van der Waals surface area contributed by atoms with Crippen LogP contribution >= 0.6 is 11.3 Å². The molecule has 2 aromatic rings. The average Bonchev–Trinajstić information content (AvgIpc) is 2.99. The van der Waals surface area contributed by atoms with E-state index >= 15 is 0 Å². The van der Waals surface area contributed by atoms with Gasteiger partial charge >= 0.3 is 0 Å². The van der Waals surface area contributed by atoms with Gasteiger partial charge in [0.25, 0.3) is 0 Å². The second-order valence-electron chi connectivity index (χ2n) is 4.26. The predicted molar refractivity (Wildman–Crippen MR) is 77.0 cm³/mol. The second kappa shape index (κ2) is 6.44. The predicted octanol–water partition coefficient (Wildman–Crippen LogP) is 0.117. The van der Waals surface area contributed by atoms with Crippen LogP contribution in [0.4, 0.5) is 0 Å². The van der Waals surface area contributed by atoms with Gasteiger partial charge in [-0.2, -0.15) is 5.10 Å². The van der Waals surface area contributed by atoms with Crippen LogP contribution in [0.1, 0.15) is 10.7 Å². The third-order valence-electron chi connectivity index (χ3n) is 2.58. The Morgan fingerprint density at radius 3 is 2.90 bits per heavy atom. The fourth-order valence-electron chi connectivity index (χ4n) is 1.65. The molecule has 2 heterocycles. The summed E-state index contributed by atoms with van der Waals surface area (Å²) in [5.41, 5.74) is 0. The number of aryl methyl sites for hydroxylation is 1. The zero-order valence-corrected chi connectivity index (χ0v) is 13.0. The van der Waals surface area contributed by atoms with Gasteiger partial charge in [-0.15, -0.1) is 11.3 Å². The Morgan fingerprint density at radius 1 is 1.45 bits per heavy atom. The van der Waals surface area contributed by atoms with Gasteiger partial charge in [0, 0.05) is 36.8 Å². The molecular formula is C11H17N5O2S2. The molecule has 0 aliphatic carbocycles. The molecule has 7 nitrogen and oxygen atoms in total. The Kier molecular flexibility index (Phi) is 4.86. The lowest BCUT2D eigenvalue weighted by molar-refractivity contribution is 0.581. The highest BCUT2D eigenvalue weighted by atomic mass is 32.2. The van der Waals surface area contributed by atoms with Crippen molar-refractivity contribution in [1.29, 1.82) is 0 Å². The van der Waals surface area contributed by atoms with E-state index in [9.17, 15) is 8.42 Å². The molecule has 9 heteroatoms. The largest absolute Gasteiger partial charge is 0.315 e. The summed E-state index contributed by atoms with van der Waals surface area (Å²) in [6.07, 6.45) is 2.06. The van der Waals surface area contributed by atoms with Gasteiger partial charge in [-0.25, -0.2) is 18.1 Å². The highest BCUT2D eigenvalue weighted by Gasteiger charge is 2.15. The highest BCUT2D eigenvalue weighted by Crippen LogP contribution is 2.18. The van der Waals surface area contributed by atoms with Crippen molar-refractivity contribution < 1.29 is 8.42 Å². The van der Waals surface area contributed by atoms with Gasteiger partial charge in [-0.1, -0.05) is 0 Å². The minimum absolute atomic E-state index is 0.281. The van der Waals surface area contributed by atoms with Crippen LogP contribution in [-0.4, -0.2) is 36.8 Å². The van der Waals surface area contributed by atoms with Gasteiger partial charge < -0.3 is 5.32 Å². The molecule has 0 bridgehead atoms. The van der Waals surface area contributed by atoms with Crippen LogP contribution in [0, 0.1) is 0 Å². The van der Waals surface area contributed by atoms with Crippen molar-refractivity contribution in [3.8, 4) is 0 Å². The molecule has 0 aromatic carbocycles. The van der Waals surface area contributed by atoms with Crippen LogP contribution in [0.5, 0.6) is 0 Å². The van der Waals surface area contributed by atoms with Gasteiger partial charge in [-0.05, 0) is 13.1 Å². The SMILES string of the molecule is CNCc1cc(S(=O)(=O)NCCc2ncn(C)n2)cs1. The summed E-state index contributed by atoms with van der Waals surface area (Å²) in [4.78, 5) is 5.34. The van der Waals surface area contributed by atoms with Crippen LogP contribution < -0.4 is 10.0 Å². The third-order valence-corrected chi connectivity index (χ3v) is 5.11. The van der Waals surface area contributed by atoms with Gasteiger partial charge in [0.2, 0.25) is 10.0 Å². The lowest BCUT2D eigenvalue weighted by atomic mass is 10.4. The maximum Gasteiger partial charge on any atom is 0.241 e. The molecule has 0 aliphatic heterocycles. The van der Waals surface area contributed by atoms with Crippen molar-refractivity contribution in [2.75, 3.05) is 13.6 Å². The molecule has 0 aliphatic rings. The van der Waals surface area contributed by atoms with Crippen LogP contribution in [0.2, 0.25) is 0 Å². The second-order valence-corrected chi connectivity index (χ2v) is 7.02. The Hall–Kier alpha value is -1.29. The molecule has 2 rings (SSSR count). The smallest absolute Gasteiger partial charge is 0.241 e. The van der Waals surface area contributed by atoms with Crippen molar-refractivity contribution in [2.45, 2.75) is 17.9 Å². The summed E-state index contributed by atoms with van der Waals surface area (Å²) in [6, 6.07) is 1.68. The molecule has 0 radical (unpaired) electrons. The maximum absolute atomic E-state index is 12.1. The molecule has 0 fully saturated rings. The summed E-state index contributed by atoms with van der Waals surface area (Å²) < 4.78 is 28.3. The Labute approximate surface area is 122 Å². The molecule has 0 saturated carbocycles.